The van der Waals surface area contributed by atoms with Gasteiger partial charge in [-0.15, -0.1) is 0 Å². The molecule has 1 rings (SSSR count). The Morgan fingerprint density at radius 2 is 2.05 bits per heavy atom. The van der Waals surface area contributed by atoms with Crippen molar-refractivity contribution in [3.8, 4) is 0 Å². The summed E-state index contributed by atoms with van der Waals surface area (Å²) in [7, 11) is 0. The van der Waals surface area contributed by atoms with Gasteiger partial charge in [0.15, 0.2) is 0 Å². The Hall–Kier alpha value is -1.36. The summed E-state index contributed by atoms with van der Waals surface area (Å²) in [5.74, 6) is 1.47. The summed E-state index contributed by atoms with van der Waals surface area (Å²) < 4.78 is 0. The Morgan fingerprint density at radius 1 is 1.37 bits per heavy atom. The average molecular weight is 285 g/mol. The van der Waals surface area contributed by atoms with Gasteiger partial charge in [0, 0.05) is 24.4 Å². The normalized spacial score (nSPS) is 10.8. The molecule has 1 amide bonds. The second kappa shape index (κ2) is 7.28. The predicted molar refractivity (Wildman–Crippen MR) is 77.4 cm³/mol. The van der Waals surface area contributed by atoms with E-state index in [0.29, 0.717) is 11.6 Å². The Morgan fingerprint density at radius 3 is 2.63 bits per heavy atom. The molecule has 1 aromatic heterocycles. The zero-order chi connectivity index (χ0) is 14.4. The zero-order valence-corrected chi connectivity index (χ0v) is 12.4. The maximum atomic E-state index is 10.6. The highest BCUT2D eigenvalue weighted by molar-refractivity contribution is 6.30. The molecule has 1 heterocycles. The molecule has 1 aromatic rings. The number of rotatable bonds is 7. The topological polar surface area (TPSA) is 80.9 Å². The van der Waals surface area contributed by atoms with Crippen LogP contribution in [0.5, 0.6) is 0 Å². The van der Waals surface area contributed by atoms with Crippen LogP contribution in [0.1, 0.15) is 50.4 Å². The third kappa shape index (κ3) is 5.03. The van der Waals surface area contributed by atoms with E-state index in [1.165, 1.54) is 0 Å². The second-order valence-corrected chi connectivity index (χ2v) is 5.21. The highest BCUT2D eigenvalue weighted by Crippen LogP contribution is 2.22. The largest absolute Gasteiger partial charge is 0.370 e. The zero-order valence-electron chi connectivity index (χ0n) is 11.7. The highest BCUT2D eigenvalue weighted by atomic mass is 35.5. The van der Waals surface area contributed by atoms with Crippen molar-refractivity contribution in [2.75, 3.05) is 11.9 Å². The number of nitrogens with zero attached hydrogens (tertiary/aromatic N) is 2. The first-order chi connectivity index (χ1) is 8.91. The molecule has 0 aliphatic heterocycles. The van der Waals surface area contributed by atoms with Gasteiger partial charge in [0.1, 0.15) is 16.8 Å². The third-order valence-electron chi connectivity index (χ3n) is 2.76. The average Bonchev–Trinajstić information content (AvgIpc) is 2.33. The molecule has 0 atom stereocenters. The Balaban J connectivity index is 2.59. The number of aromatic nitrogens is 2. The number of nitrogens with two attached hydrogens (primary N) is 1. The summed E-state index contributed by atoms with van der Waals surface area (Å²) in [5, 5.41) is 3.72. The fourth-order valence-electron chi connectivity index (χ4n) is 1.57. The molecule has 0 saturated carbocycles. The molecular formula is C13H21ClN4O. The number of nitrogens with one attached hydrogen (secondary N) is 1. The molecule has 0 bridgehead atoms. The van der Waals surface area contributed by atoms with E-state index >= 15 is 0 Å². The monoisotopic (exact) mass is 284 g/mol. The molecule has 0 unspecified atom stereocenters. The summed E-state index contributed by atoms with van der Waals surface area (Å²) >= 11 is 6.09. The molecule has 0 radical (unpaired) electrons. The lowest BCUT2D eigenvalue weighted by molar-refractivity contribution is -0.118. The van der Waals surface area contributed by atoms with Crippen LogP contribution in [0.3, 0.4) is 0 Å². The molecule has 5 nitrogen and oxygen atoms in total. The van der Waals surface area contributed by atoms with Crippen molar-refractivity contribution in [2.45, 2.75) is 46.0 Å². The lowest BCUT2D eigenvalue weighted by atomic mass is 10.2. The van der Waals surface area contributed by atoms with E-state index in [0.717, 1.165) is 36.6 Å². The molecule has 106 valence electrons. The predicted octanol–water partition coefficient (Wildman–Crippen LogP) is 2.63. The number of hydrogen-bond acceptors (Lipinski definition) is 4. The number of unbranched alkanes of at least 4 members (excludes halogenated alkanes) is 1. The highest BCUT2D eigenvalue weighted by Gasteiger charge is 2.11. The summed E-state index contributed by atoms with van der Waals surface area (Å²) in [4.78, 5) is 19.3. The minimum atomic E-state index is -0.261. The smallest absolute Gasteiger partial charge is 0.217 e. The van der Waals surface area contributed by atoms with Crippen LogP contribution in [0.4, 0.5) is 5.82 Å². The van der Waals surface area contributed by atoms with Crippen LogP contribution in [0.25, 0.3) is 0 Å². The standard InChI is InChI=1S/C13H21ClN4O/c1-8(2)12-17-11(14)9(3)13(18-12)16-7-5-4-6-10(15)19/h8H,4-7H2,1-3H3,(H2,15,19)(H,16,17,18). The van der Waals surface area contributed by atoms with E-state index in [1.807, 2.05) is 20.8 Å². The molecular weight excluding hydrogens is 264 g/mol. The van der Waals surface area contributed by atoms with Crippen molar-refractivity contribution >= 4 is 23.3 Å². The summed E-state index contributed by atoms with van der Waals surface area (Å²) in [6.45, 7) is 6.67. The van der Waals surface area contributed by atoms with Crippen molar-refractivity contribution in [3.05, 3.63) is 16.5 Å². The van der Waals surface area contributed by atoms with Crippen molar-refractivity contribution in [1.82, 2.24) is 9.97 Å². The maximum Gasteiger partial charge on any atom is 0.217 e. The quantitative estimate of drug-likeness (QED) is 0.596. The SMILES string of the molecule is Cc1c(Cl)nc(C(C)C)nc1NCCCCC(N)=O. The molecule has 0 fully saturated rings. The molecule has 0 aromatic carbocycles. The van der Waals surface area contributed by atoms with E-state index in [1.54, 1.807) is 0 Å². The minimum Gasteiger partial charge on any atom is -0.370 e. The molecule has 0 aliphatic carbocycles. The third-order valence-corrected chi connectivity index (χ3v) is 3.13. The first-order valence-electron chi connectivity index (χ1n) is 6.48. The van der Waals surface area contributed by atoms with Crippen molar-refractivity contribution in [3.63, 3.8) is 0 Å². The number of carbonyl (C=O) groups is 1. The van der Waals surface area contributed by atoms with E-state index in [2.05, 4.69) is 15.3 Å². The van der Waals surface area contributed by atoms with Crippen LogP contribution < -0.4 is 11.1 Å². The number of amides is 1. The number of primary amides is 1. The van der Waals surface area contributed by atoms with Gasteiger partial charge in [0.05, 0.1) is 0 Å². The van der Waals surface area contributed by atoms with Crippen molar-refractivity contribution in [2.24, 2.45) is 5.73 Å². The Labute approximate surface area is 119 Å². The van der Waals surface area contributed by atoms with Crippen molar-refractivity contribution < 1.29 is 4.79 Å². The summed E-state index contributed by atoms with van der Waals surface area (Å²) in [6.07, 6.45) is 2.06. The first kappa shape index (κ1) is 15.7. The van der Waals surface area contributed by atoms with Crippen LogP contribution in [0.2, 0.25) is 5.15 Å². The van der Waals surface area contributed by atoms with Gasteiger partial charge in [-0.3, -0.25) is 4.79 Å². The number of anilines is 1. The van der Waals surface area contributed by atoms with E-state index in [9.17, 15) is 4.79 Å². The van der Waals surface area contributed by atoms with Gasteiger partial charge in [0.25, 0.3) is 0 Å². The molecule has 0 saturated heterocycles. The van der Waals surface area contributed by atoms with Gasteiger partial charge in [-0.2, -0.15) is 0 Å². The van der Waals surface area contributed by atoms with Gasteiger partial charge in [-0.25, -0.2) is 9.97 Å². The minimum absolute atomic E-state index is 0.230. The van der Waals surface area contributed by atoms with Gasteiger partial charge >= 0.3 is 0 Å². The molecule has 19 heavy (non-hydrogen) atoms. The maximum absolute atomic E-state index is 10.6. The molecule has 0 aliphatic rings. The Bertz CT molecular complexity index is 449. The fraction of sp³-hybridized carbons (Fsp3) is 0.615. The second-order valence-electron chi connectivity index (χ2n) is 4.85. The van der Waals surface area contributed by atoms with Gasteiger partial charge in [-0.05, 0) is 19.8 Å². The van der Waals surface area contributed by atoms with Crippen LogP contribution in [-0.2, 0) is 4.79 Å². The van der Waals surface area contributed by atoms with Crippen LogP contribution in [0, 0.1) is 6.92 Å². The van der Waals surface area contributed by atoms with Crippen LogP contribution in [0.15, 0.2) is 0 Å². The van der Waals surface area contributed by atoms with E-state index in [-0.39, 0.29) is 11.8 Å². The number of carbonyl (C=O) groups excluding carboxylic acids is 1. The lowest BCUT2D eigenvalue weighted by Crippen LogP contribution is -2.12. The molecule has 3 N–H and O–H groups in total. The van der Waals surface area contributed by atoms with E-state index < -0.39 is 0 Å². The van der Waals surface area contributed by atoms with Crippen molar-refractivity contribution in [1.29, 1.82) is 0 Å². The van der Waals surface area contributed by atoms with Crippen LogP contribution in [-0.4, -0.2) is 22.4 Å². The van der Waals surface area contributed by atoms with Gasteiger partial charge in [-0.1, -0.05) is 25.4 Å². The van der Waals surface area contributed by atoms with Crippen LogP contribution >= 0.6 is 11.6 Å². The van der Waals surface area contributed by atoms with E-state index in [4.69, 9.17) is 17.3 Å². The van der Waals surface area contributed by atoms with Gasteiger partial charge < -0.3 is 11.1 Å². The summed E-state index contributed by atoms with van der Waals surface area (Å²) in [6, 6.07) is 0. The number of hydrogen-bond donors (Lipinski definition) is 2. The lowest BCUT2D eigenvalue weighted by Gasteiger charge is -2.12. The fourth-order valence-corrected chi connectivity index (χ4v) is 1.74. The number of halogens is 1. The Kier molecular flexibility index (Phi) is 6.02. The van der Waals surface area contributed by atoms with Gasteiger partial charge in [0.2, 0.25) is 5.91 Å². The summed E-state index contributed by atoms with van der Waals surface area (Å²) in [5.41, 5.74) is 5.93. The molecule has 6 heteroatoms. The first-order valence-corrected chi connectivity index (χ1v) is 6.85. The molecule has 0 spiro atoms.